The molecule has 3 aliphatic heterocycles. The standard InChI is InChI=1S/C19H26O6/c1-10(20)24-13-5-3-4-12-11(13)8-14-15-17(2,16(21)25-14)19(22)7-6-18(12,15)9-23-19/h11-15,22H,3-9H2,1-2H3/t11?,12?,13-,14+,15?,17-,18-,19+/m0/s1. The van der Waals surface area contributed by atoms with Crippen LogP contribution in [0.5, 0.6) is 0 Å². The molecule has 2 bridgehead atoms. The van der Waals surface area contributed by atoms with Crippen LogP contribution in [0.4, 0.5) is 0 Å². The predicted molar refractivity (Wildman–Crippen MR) is 85.0 cm³/mol. The lowest BCUT2D eigenvalue weighted by atomic mass is 9.41. The third-order valence-corrected chi connectivity index (χ3v) is 8.17. The molecule has 0 amide bonds. The molecule has 0 aromatic rings. The zero-order chi connectivity index (χ0) is 17.6. The van der Waals surface area contributed by atoms with Crippen LogP contribution in [0, 0.1) is 28.6 Å². The summed E-state index contributed by atoms with van der Waals surface area (Å²) in [6.07, 6.45) is 4.72. The Morgan fingerprint density at radius 3 is 2.80 bits per heavy atom. The van der Waals surface area contributed by atoms with E-state index in [0.717, 1.165) is 32.1 Å². The minimum Gasteiger partial charge on any atom is -0.462 e. The molecule has 0 radical (unpaired) electrons. The lowest BCUT2D eigenvalue weighted by Gasteiger charge is -2.67. The van der Waals surface area contributed by atoms with Crippen molar-refractivity contribution in [3.05, 3.63) is 0 Å². The first-order chi connectivity index (χ1) is 11.8. The predicted octanol–water partition coefficient (Wildman–Crippen LogP) is 1.78. The summed E-state index contributed by atoms with van der Waals surface area (Å²) in [6, 6.07) is 0. The maximum absolute atomic E-state index is 12.8. The van der Waals surface area contributed by atoms with Crippen LogP contribution in [0.15, 0.2) is 0 Å². The fraction of sp³-hybridized carbons (Fsp3) is 0.895. The molecule has 3 aliphatic carbocycles. The summed E-state index contributed by atoms with van der Waals surface area (Å²) >= 11 is 0. The molecule has 6 nitrogen and oxygen atoms in total. The molecule has 0 aromatic carbocycles. The van der Waals surface area contributed by atoms with Crippen LogP contribution >= 0.6 is 0 Å². The van der Waals surface area contributed by atoms with Crippen molar-refractivity contribution in [1.82, 2.24) is 0 Å². The van der Waals surface area contributed by atoms with Gasteiger partial charge in [-0.05, 0) is 44.9 Å². The maximum atomic E-state index is 12.8. The summed E-state index contributed by atoms with van der Waals surface area (Å²) in [5, 5.41) is 11.0. The van der Waals surface area contributed by atoms with Crippen LogP contribution < -0.4 is 0 Å². The van der Waals surface area contributed by atoms with Gasteiger partial charge in [-0.3, -0.25) is 9.59 Å². The van der Waals surface area contributed by atoms with E-state index in [-0.39, 0.29) is 41.4 Å². The molecule has 1 spiro atoms. The molecule has 1 N–H and O–H groups in total. The minimum atomic E-state index is -1.40. The van der Waals surface area contributed by atoms with Gasteiger partial charge in [-0.1, -0.05) is 0 Å². The number of aliphatic hydroxyl groups is 1. The molecular formula is C19H26O6. The summed E-state index contributed by atoms with van der Waals surface area (Å²) in [4.78, 5) is 24.3. The number of carbonyl (C=O) groups excluding carboxylic acids is 2. The first kappa shape index (κ1) is 16.1. The highest BCUT2D eigenvalue weighted by atomic mass is 16.6. The van der Waals surface area contributed by atoms with Crippen molar-refractivity contribution in [3.63, 3.8) is 0 Å². The van der Waals surface area contributed by atoms with Gasteiger partial charge in [0, 0.05) is 30.6 Å². The fourth-order valence-corrected chi connectivity index (χ4v) is 7.22. The van der Waals surface area contributed by atoms with Gasteiger partial charge < -0.3 is 19.3 Å². The number of carbonyl (C=O) groups is 2. The van der Waals surface area contributed by atoms with Crippen molar-refractivity contribution in [3.8, 4) is 0 Å². The zero-order valence-electron chi connectivity index (χ0n) is 14.8. The summed E-state index contributed by atoms with van der Waals surface area (Å²) < 4.78 is 17.4. The molecule has 3 saturated heterocycles. The van der Waals surface area contributed by atoms with E-state index in [9.17, 15) is 14.7 Å². The van der Waals surface area contributed by atoms with Crippen molar-refractivity contribution in [2.45, 2.75) is 70.4 Å². The molecule has 3 heterocycles. The van der Waals surface area contributed by atoms with Crippen LogP contribution in [0.25, 0.3) is 0 Å². The van der Waals surface area contributed by atoms with E-state index in [4.69, 9.17) is 14.2 Å². The number of hydrogen-bond acceptors (Lipinski definition) is 6. The van der Waals surface area contributed by atoms with E-state index >= 15 is 0 Å². The van der Waals surface area contributed by atoms with Crippen molar-refractivity contribution < 1.29 is 28.9 Å². The Morgan fingerprint density at radius 1 is 1.32 bits per heavy atom. The van der Waals surface area contributed by atoms with Gasteiger partial charge in [-0.2, -0.15) is 0 Å². The second kappa shape index (κ2) is 4.77. The lowest BCUT2D eigenvalue weighted by molar-refractivity contribution is -0.378. The van der Waals surface area contributed by atoms with Gasteiger partial charge in [0.05, 0.1) is 6.61 Å². The number of esters is 2. The second-order valence-corrected chi connectivity index (χ2v) is 9.01. The molecule has 3 saturated carbocycles. The highest BCUT2D eigenvalue weighted by molar-refractivity contribution is 5.81. The molecular weight excluding hydrogens is 324 g/mol. The topological polar surface area (TPSA) is 82.1 Å². The van der Waals surface area contributed by atoms with Gasteiger partial charge in [-0.25, -0.2) is 0 Å². The monoisotopic (exact) mass is 350 g/mol. The molecule has 0 aromatic heterocycles. The van der Waals surface area contributed by atoms with Crippen molar-refractivity contribution >= 4 is 11.9 Å². The fourth-order valence-electron chi connectivity index (χ4n) is 7.22. The number of rotatable bonds is 1. The van der Waals surface area contributed by atoms with E-state index in [2.05, 4.69) is 0 Å². The van der Waals surface area contributed by atoms with Gasteiger partial charge >= 0.3 is 11.9 Å². The van der Waals surface area contributed by atoms with Gasteiger partial charge in [0.2, 0.25) is 0 Å². The van der Waals surface area contributed by atoms with Gasteiger partial charge in [0.25, 0.3) is 0 Å². The first-order valence-electron chi connectivity index (χ1n) is 9.56. The van der Waals surface area contributed by atoms with Crippen molar-refractivity contribution in [1.29, 1.82) is 0 Å². The Labute approximate surface area is 147 Å². The molecule has 6 aliphatic rings. The quantitative estimate of drug-likeness (QED) is 0.726. The SMILES string of the molecule is CC(=O)O[C@H]1CCCC2C1C[C@H]1OC(=O)[C@]3(C)C1[C@]21CC[C@@]3(O)OC1. The van der Waals surface area contributed by atoms with E-state index in [1.165, 1.54) is 6.92 Å². The average molecular weight is 350 g/mol. The van der Waals surface area contributed by atoms with Crippen LogP contribution in [-0.2, 0) is 23.8 Å². The van der Waals surface area contributed by atoms with E-state index in [0.29, 0.717) is 18.9 Å². The number of ether oxygens (including phenoxy) is 3. The Bertz CT molecular complexity index is 636. The molecule has 6 heteroatoms. The zero-order valence-corrected chi connectivity index (χ0v) is 14.8. The Balaban J connectivity index is 1.59. The van der Waals surface area contributed by atoms with E-state index in [1.54, 1.807) is 0 Å². The van der Waals surface area contributed by atoms with E-state index < -0.39 is 11.2 Å². The number of hydrogen-bond donors (Lipinski definition) is 1. The molecule has 25 heavy (non-hydrogen) atoms. The van der Waals surface area contributed by atoms with Gasteiger partial charge in [0.1, 0.15) is 17.6 Å². The highest BCUT2D eigenvalue weighted by Crippen LogP contribution is 2.72. The summed E-state index contributed by atoms with van der Waals surface area (Å²) in [5.74, 6) is -1.40. The van der Waals surface area contributed by atoms with Crippen molar-refractivity contribution in [2.75, 3.05) is 6.61 Å². The Kier molecular flexibility index (Phi) is 3.06. The van der Waals surface area contributed by atoms with Crippen LogP contribution in [0.1, 0.15) is 52.4 Å². The maximum Gasteiger partial charge on any atom is 0.318 e. The average Bonchev–Trinajstić information content (AvgIpc) is 2.84. The Hall–Kier alpha value is -1.14. The highest BCUT2D eigenvalue weighted by Gasteiger charge is 2.79. The summed E-state index contributed by atoms with van der Waals surface area (Å²) in [6.45, 7) is 3.77. The smallest absolute Gasteiger partial charge is 0.318 e. The third-order valence-electron chi connectivity index (χ3n) is 8.17. The molecule has 3 unspecified atom stereocenters. The Morgan fingerprint density at radius 2 is 2.12 bits per heavy atom. The lowest BCUT2D eigenvalue weighted by Crippen LogP contribution is -2.73. The number of fused-ring (bicyclic) bond motifs is 3. The normalized spacial score (nSPS) is 56.0. The van der Waals surface area contributed by atoms with Crippen LogP contribution in [0.2, 0.25) is 0 Å². The van der Waals surface area contributed by atoms with Gasteiger partial charge in [0.15, 0.2) is 5.79 Å². The summed E-state index contributed by atoms with van der Waals surface area (Å²) in [7, 11) is 0. The summed E-state index contributed by atoms with van der Waals surface area (Å²) in [5.41, 5.74) is -1.13. The molecule has 6 fully saturated rings. The molecule has 138 valence electrons. The van der Waals surface area contributed by atoms with Gasteiger partial charge in [-0.15, -0.1) is 0 Å². The first-order valence-corrected chi connectivity index (χ1v) is 9.56. The van der Waals surface area contributed by atoms with Crippen LogP contribution in [0.3, 0.4) is 0 Å². The molecule has 8 atom stereocenters. The third kappa shape index (κ3) is 1.73. The van der Waals surface area contributed by atoms with Crippen molar-refractivity contribution in [2.24, 2.45) is 28.6 Å². The second-order valence-electron chi connectivity index (χ2n) is 9.01. The molecule has 6 rings (SSSR count). The van der Waals surface area contributed by atoms with Crippen LogP contribution in [-0.4, -0.2) is 41.6 Å². The van der Waals surface area contributed by atoms with E-state index in [1.807, 2.05) is 6.92 Å². The minimum absolute atomic E-state index is 0.00247. The largest absolute Gasteiger partial charge is 0.462 e.